The minimum Gasteiger partial charge on any atom is -0.507 e. The number of phenolic OH excluding ortho intramolecular Hbond substituents is 1. The van der Waals surface area contributed by atoms with E-state index < -0.39 is 0 Å². The predicted octanol–water partition coefficient (Wildman–Crippen LogP) is 3.61. The molecule has 0 aromatic heterocycles. The molecule has 0 aliphatic rings. The first-order chi connectivity index (χ1) is 8.58. The molecule has 4 heteroatoms. The van der Waals surface area contributed by atoms with Gasteiger partial charge in [-0.2, -0.15) is 0 Å². The summed E-state index contributed by atoms with van der Waals surface area (Å²) in [5.41, 5.74) is 1.50. The van der Waals surface area contributed by atoms with Gasteiger partial charge in [-0.3, -0.25) is 4.79 Å². The third-order valence-electron chi connectivity index (χ3n) is 2.56. The Morgan fingerprint density at radius 2 is 1.94 bits per heavy atom. The van der Waals surface area contributed by atoms with Crippen LogP contribution in [0, 0.1) is 6.92 Å². The van der Waals surface area contributed by atoms with E-state index in [4.69, 9.17) is 11.6 Å². The van der Waals surface area contributed by atoms with Gasteiger partial charge in [0, 0.05) is 10.7 Å². The lowest BCUT2D eigenvalue weighted by atomic mass is 10.1. The van der Waals surface area contributed by atoms with Crippen LogP contribution in [0.2, 0.25) is 5.02 Å². The monoisotopic (exact) mass is 261 g/mol. The van der Waals surface area contributed by atoms with Crippen LogP contribution in [0.15, 0.2) is 42.5 Å². The number of rotatable bonds is 2. The molecule has 92 valence electrons. The first-order valence-corrected chi connectivity index (χ1v) is 5.81. The zero-order valence-corrected chi connectivity index (χ0v) is 10.5. The molecule has 0 saturated heterocycles. The van der Waals surface area contributed by atoms with Gasteiger partial charge >= 0.3 is 0 Å². The van der Waals surface area contributed by atoms with Crippen LogP contribution in [0.1, 0.15) is 15.9 Å². The number of amides is 1. The van der Waals surface area contributed by atoms with E-state index in [0.717, 1.165) is 0 Å². The SMILES string of the molecule is Cc1cccc(C(=O)Nc2cccc(Cl)c2)c1O. The summed E-state index contributed by atoms with van der Waals surface area (Å²) < 4.78 is 0. The molecule has 2 rings (SSSR count). The lowest BCUT2D eigenvalue weighted by Crippen LogP contribution is -2.12. The molecule has 2 aromatic rings. The summed E-state index contributed by atoms with van der Waals surface area (Å²) >= 11 is 5.83. The lowest BCUT2D eigenvalue weighted by Gasteiger charge is -2.08. The molecule has 0 atom stereocenters. The van der Waals surface area contributed by atoms with Gasteiger partial charge in [0.05, 0.1) is 5.56 Å². The summed E-state index contributed by atoms with van der Waals surface area (Å²) in [7, 11) is 0. The maximum absolute atomic E-state index is 12.0. The molecule has 1 amide bonds. The molecule has 3 nitrogen and oxygen atoms in total. The van der Waals surface area contributed by atoms with E-state index in [1.165, 1.54) is 0 Å². The summed E-state index contributed by atoms with van der Waals surface area (Å²) in [5, 5.41) is 13.0. The highest BCUT2D eigenvalue weighted by Crippen LogP contribution is 2.23. The lowest BCUT2D eigenvalue weighted by molar-refractivity contribution is 0.102. The van der Waals surface area contributed by atoms with Gasteiger partial charge in [0.1, 0.15) is 5.75 Å². The molecule has 0 saturated carbocycles. The summed E-state index contributed by atoms with van der Waals surface area (Å²) in [6.07, 6.45) is 0. The van der Waals surface area contributed by atoms with E-state index in [1.54, 1.807) is 49.4 Å². The molecule has 0 aliphatic carbocycles. The molecule has 2 aromatic carbocycles. The number of halogens is 1. The number of carbonyl (C=O) groups excluding carboxylic acids is 1. The zero-order valence-electron chi connectivity index (χ0n) is 9.77. The van der Waals surface area contributed by atoms with E-state index >= 15 is 0 Å². The van der Waals surface area contributed by atoms with E-state index in [0.29, 0.717) is 16.3 Å². The van der Waals surface area contributed by atoms with Crippen molar-refractivity contribution in [2.45, 2.75) is 6.92 Å². The van der Waals surface area contributed by atoms with E-state index in [9.17, 15) is 9.90 Å². The van der Waals surface area contributed by atoms with Crippen molar-refractivity contribution in [3.8, 4) is 5.75 Å². The maximum Gasteiger partial charge on any atom is 0.259 e. The number of phenols is 1. The average Bonchev–Trinajstić information content (AvgIpc) is 2.32. The molecule has 0 spiro atoms. The second-order valence-corrected chi connectivity index (χ2v) is 4.37. The number of anilines is 1. The third kappa shape index (κ3) is 2.63. The maximum atomic E-state index is 12.0. The second kappa shape index (κ2) is 5.10. The van der Waals surface area contributed by atoms with Gasteiger partial charge in [-0.25, -0.2) is 0 Å². The number of para-hydroxylation sites is 1. The summed E-state index contributed by atoms with van der Waals surface area (Å²) in [4.78, 5) is 12.0. The largest absolute Gasteiger partial charge is 0.507 e. The van der Waals surface area contributed by atoms with Crippen LogP contribution in [0.4, 0.5) is 5.69 Å². The highest BCUT2D eigenvalue weighted by Gasteiger charge is 2.12. The van der Waals surface area contributed by atoms with Crippen LogP contribution in [0.3, 0.4) is 0 Å². The smallest absolute Gasteiger partial charge is 0.259 e. The molecule has 18 heavy (non-hydrogen) atoms. The first-order valence-electron chi connectivity index (χ1n) is 5.43. The van der Waals surface area contributed by atoms with Gasteiger partial charge in [0.2, 0.25) is 0 Å². The fraction of sp³-hybridized carbons (Fsp3) is 0.0714. The Bertz CT molecular complexity index is 596. The van der Waals surface area contributed by atoms with Gasteiger partial charge < -0.3 is 10.4 Å². The van der Waals surface area contributed by atoms with Crippen LogP contribution in [-0.2, 0) is 0 Å². The van der Waals surface area contributed by atoms with Crippen molar-refractivity contribution in [2.24, 2.45) is 0 Å². The Morgan fingerprint density at radius 3 is 2.67 bits per heavy atom. The first kappa shape index (κ1) is 12.5. The van der Waals surface area contributed by atoms with Crippen LogP contribution in [-0.4, -0.2) is 11.0 Å². The topological polar surface area (TPSA) is 49.3 Å². The van der Waals surface area contributed by atoms with Crippen molar-refractivity contribution < 1.29 is 9.90 Å². The highest BCUT2D eigenvalue weighted by molar-refractivity contribution is 6.31. The summed E-state index contributed by atoms with van der Waals surface area (Å²) in [5.74, 6) is -0.365. The van der Waals surface area contributed by atoms with Crippen molar-refractivity contribution in [2.75, 3.05) is 5.32 Å². The zero-order chi connectivity index (χ0) is 13.1. The van der Waals surface area contributed by atoms with Gasteiger partial charge in [-0.1, -0.05) is 29.8 Å². The van der Waals surface area contributed by atoms with Crippen LogP contribution < -0.4 is 5.32 Å². The van der Waals surface area contributed by atoms with E-state index in [-0.39, 0.29) is 17.2 Å². The van der Waals surface area contributed by atoms with Gasteiger partial charge in [-0.05, 0) is 36.8 Å². The quantitative estimate of drug-likeness (QED) is 0.868. The number of hydrogen-bond acceptors (Lipinski definition) is 2. The Labute approximate surface area is 110 Å². The molecular weight excluding hydrogens is 250 g/mol. The summed E-state index contributed by atoms with van der Waals surface area (Å²) in [6, 6.07) is 11.9. The number of benzene rings is 2. The van der Waals surface area contributed by atoms with E-state index in [2.05, 4.69) is 5.32 Å². The average molecular weight is 262 g/mol. The summed E-state index contributed by atoms with van der Waals surface area (Å²) in [6.45, 7) is 1.74. The third-order valence-corrected chi connectivity index (χ3v) is 2.80. The number of aryl methyl sites for hydroxylation is 1. The number of carbonyl (C=O) groups is 1. The Balaban J connectivity index is 2.25. The number of hydrogen-bond donors (Lipinski definition) is 2. The molecule has 2 N–H and O–H groups in total. The molecule has 0 radical (unpaired) electrons. The Kier molecular flexibility index (Phi) is 3.53. The van der Waals surface area contributed by atoms with Crippen molar-refractivity contribution in [3.63, 3.8) is 0 Å². The molecule has 0 heterocycles. The normalized spacial score (nSPS) is 10.1. The van der Waals surface area contributed by atoms with Crippen LogP contribution in [0.5, 0.6) is 5.75 Å². The fourth-order valence-corrected chi connectivity index (χ4v) is 1.80. The fourth-order valence-electron chi connectivity index (χ4n) is 1.61. The predicted molar refractivity (Wildman–Crippen MR) is 72.2 cm³/mol. The molecular formula is C14H12ClNO2. The van der Waals surface area contributed by atoms with Crippen molar-refractivity contribution >= 4 is 23.2 Å². The molecule has 0 unspecified atom stereocenters. The highest BCUT2D eigenvalue weighted by atomic mass is 35.5. The van der Waals surface area contributed by atoms with Crippen molar-refractivity contribution in [3.05, 3.63) is 58.6 Å². The Hall–Kier alpha value is -2.00. The molecule has 0 fully saturated rings. The number of aromatic hydroxyl groups is 1. The minimum absolute atomic E-state index is 0.00275. The second-order valence-electron chi connectivity index (χ2n) is 3.94. The van der Waals surface area contributed by atoms with Gasteiger partial charge in [-0.15, -0.1) is 0 Å². The van der Waals surface area contributed by atoms with Crippen LogP contribution in [0.25, 0.3) is 0 Å². The van der Waals surface area contributed by atoms with Crippen molar-refractivity contribution in [1.29, 1.82) is 0 Å². The standard InChI is InChI=1S/C14H12ClNO2/c1-9-4-2-7-12(13(9)17)14(18)16-11-6-3-5-10(15)8-11/h2-8,17H,1H3,(H,16,18). The van der Waals surface area contributed by atoms with Gasteiger partial charge in [0.25, 0.3) is 5.91 Å². The molecule has 0 aliphatic heterocycles. The van der Waals surface area contributed by atoms with E-state index in [1.807, 2.05) is 0 Å². The van der Waals surface area contributed by atoms with Gasteiger partial charge in [0.15, 0.2) is 0 Å². The van der Waals surface area contributed by atoms with Crippen LogP contribution >= 0.6 is 11.6 Å². The Morgan fingerprint density at radius 1 is 1.22 bits per heavy atom. The minimum atomic E-state index is -0.363. The number of nitrogens with one attached hydrogen (secondary N) is 1. The molecule has 0 bridgehead atoms. The van der Waals surface area contributed by atoms with Crippen molar-refractivity contribution in [1.82, 2.24) is 0 Å².